The Balaban J connectivity index is 2.33. The SMILES string of the molecule is CC(=O)NC(CS)C(=O)NCCc1ccc(Br)s1. The number of hydrogen-bond acceptors (Lipinski definition) is 4. The molecule has 0 aliphatic carbocycles. The third-order valence-electron chi connectivity index (χ3n) is 2.18. The van der Waals surface area contributed by atoms with Crippen molar-refractivity contribution in [3.05, 3.63) is 20.8 Å². The topological polar surface area (TPSA) is 58.2 Å². The van der Waals surface area contributed by atoms with Gasteiger partial charge in [-0.25, -0.2) is 0 Å². The van der Waals surface area contributed by atoms with Crippen molar-refractivity contribution >= 4 is 51.7 Å². The fourth-order valence-electron chi connectivity index (χ4n) is 1.36. The molecule has 18 heavy (non-hydrogen) atoms. The van der Waals surface area contributed by atoms with Crippen LogP contribution < -0.4 is 10.6 Å². The smallest absolute Gasteiger partial charge is 0.243 e. The molecular weight excluding hydrogens is 336 g/mol. The van der Waals surface area contributed by atoms with Gasteiger partial charge in [-0.15, -0.1) is 11.3 Å². The van der Waals surface area contributed by atoms with E-state index in [-0.39, 0.29) is 17.6 Å². The lowest BCUT2D eigenvalue weighted by molar-refractivity contribution is -0.127. The molecule has 2 amide bonds. The van der Waals surface area contributed by atoms with Crippen molar-refractivity contribution in [1.82, 2.24) is 10.6 Å². The van der Waals surface area contributed by atoms with Gasteiger partial charge in [0.15, 0.2) is 0 Å². The molecule has 0 aliphatic rings. The number of nitrogens with one attached hydrogen (secondary N) is 2. The molecule has 1 aromatic rings. The summed E-state index contributed by atoms with van der Waals surface area (Å²) in [5.74, 6) is -0.141. The molecule has 0 aliphatic heterocycles. The van der Waals surface area contributed by atoms with Gasteiger partial charge in [-0.3, -0.25) is 9.59 Å². The van der Waals surface area contributed by atoms with Gasteiger partial charge in [0.05, 0.1) is 3.79 Å². The van der Waals surface area contributed by atoms with Crippen LogP contribution in [-0.4, -0.2) is 30.2 Å². The summed E-state index contributed by atoms with van der Waals surface area (Å²) in [5, 5.41) is 5.34. The second-order valence-corrected chi connectivity index (χ2v) is 6.60. The first kappa shape index (κ1) is 15.5. The van der Waals surface area contributed by atoms with Crippen LogP contribution in [0.4, 0.5) is 0 Å². The van der Waals surface area contributed by atoms with Crippen LogP contribution in [0.15, 0.2) is 15.9 Å². The molecule has 0 fully saturated rings. The molecule has 0 saturated heterocycles. The summed E-state index contributed by atoms with van der Waals surface area (Å²) in [4.78, 5) is 23.8. The van der Waals surface area contributed by atoms with Crippen LogP contribution in [0.3, 0.4) is 0 Å². The monoisotopic (exact) mass is 350 g/mol. The van der Waals surface area contributed by atoms with E-state index >= 15 is 0 Å². The van der Waals surface area contributed by atoms with Crippen molar-refractivity contribution in [2.75, 3.05) is 12.3 Å². The lowest BCUT2D eigenvalue weighted by atomic mass is 10.3. The predicted octanol–water partition coefficient (Wildman–Crippen LogP) is 1.60. The Kier molecular flexibility index (Phi) is 6.73. The van der Waals surface area contributed by atoms with E-state index in [1.165, 1.54) is 11.8 Å². The number of hydrogen-bond donors (Lipinski definition) is 3. The minimum absolute atomic E-state index is 0.198. The Labute approximate surface area is 124 Å². The largest absolute Gasteiger partial charge is 0.354 e. The molecule has 0 saturated carbocycles. The van der Waals surface area contributed by atoms with Crippen molar-refractivity contribution in [3.8, 4) is 0 Å². The van der Waals surface area contributed by atoms with Crippen LogP contribution in [0.25, 0.3) is 0 Å². The Bertz CT molecular complexity index is 423. The second kappa shape index (κ2) is 7.81. The average Bonchev–Trinajstić information content (AvgIpc) is 2.71. The normalized spacial score (nSPS) is 11.9. The van der Waals surface area contributed by atoms with Crippen LogP contribution in [-0.2, 0) is 16.0 Å². The molecule has 0 radical (unpaired) electrons. The average molecular weight is 351 g/mol. The minimum Gasteiger partial charge on any atom is -0.354 e. The first-order valence-electron chi connectivity index (χ1n) is 5.43. The Hall–Kier alpha value is -0.530. The molecule has 4 nitrogen and oxygen atoms in total. The van der Waals surface area contributed by atoms with Gasteiger partial charge in [-0.05, 0) is 34.5 Å². The molecule has 1 rings (SSSR count). The maximum absolute atomic E-state index is 11.7. The van der Waals surface area contributed by atoms with Gasteiger partial charge in [0.25, 0.3) is 0 Å². The van der Waals surface area contributed by atoms with Gasteiger partial charge in [0.1, 0.15) is 6.04 Å². The zero-order valence-corrected chi connectivity index (χ0v) is 13.2. The van der Waals surface area contributed by atoms with Gasteiger partial charge in [-0.1, -0.05) is 0 Å². The van der Waals surface area contributed by atoms with Crippen LogP contribution in [0.1, 0.15) is 11.8 Å². The maximum Gasteiger partial charge on any atom is 0.243 e. The summed E-state index contributed by atoms with van der Waals surface area (Å²) >= 11 is 9.08. The molecule has 0 aromatic carbocycles. The highest BCUT2D eigenvalue weighted by Crippen LogP contribution is 2.21. The first-order valence-corrected chi connectivity index (χ1v) is 7.67. The molecule has 2 N–H and O–H groups in total. The summed E-state index contributed by atoms with van der Waals surface area (Å²) in [5.41, 5.74) is 0. The molecule has 1 heterocycles. The lowest BCUT2D eigenvalue weighted by Gasteiger charge is -2.14. The summed E-state index contributed by atoms with van der Waals surface area (Å²) < 4.78 is 1.08. The number of amides is 2. The lowest BCUT2D eigenvalue weighted by Crippen LogP contribution is -2.47. The summed E-state index contributed by atoms with van der Waals surface area (Å²) in [6.07, 6.45) is 0.779. The van der Waals surface area contributed by atoms with Crippen molar-refractivity contribution in [2.45, 2.75) is 19.4 Å². The van der Waals surface area contributed by atoms with Crippen molar-refractivity contribution in [2.24, 2.45) is 0 Å². The molecule has 1 aromatic heterocycles. The highest BCUT2D eigenvalue weighted by Gasteiger charge is 2.16. The van der Waals surface area contributed by atoms with Crippen LogP contribution >= 0.6 is 39.9 Å². The Morgan fingerprint density at radius 1 is 1.50 bits per heavy atom. The Morgan fingerprint density at radius 3 is 2.72 bits per heavy atom. The van der Waals surface area contributed by atoms with E-state index < -0.39 is 6.04 Å². The molecule has 0 bridgehead atoms. The Morgan fingerprint density at radius 2 is 2.22 bits per heavy atom. The first-order chi connectivity index (χ1) is 8.52. The van der Waals surface area contributed by atoms with Gasteiger partial charge in [-0.2, -0.15) is 12.6 Å². The van der Waals surface area contributed by atoms with E-state index in [9.17, 15) is 9.59 Å². The number of carbonyl (C=O) groups is 2. The van der Waals surface area contributed by atoms with E-state index in [1.807, 2.05) is 12.1 Å². The van der Waals surface area contributed by atoms with Gasteiger partial charge >= 0.3 is 0 Å². The summed E-state index contributed by atoms with van der Waals surface area (Å²) in [6.45, 7) is 1.93. The highest BCUT2D eigenvalue weighted by atomic mass is 79.9. The van der Waals surface area contributed by atoms with Crippen LogP contribution in [0.5, 0.6) is 0 Å². The number of thiol groups is 1. The summed E-state index contributed by atoms with van der Waals surface area (Å²) in [7, 11) is 0. The standard InChI is InChI=1S/C11H15BrN2O2S2/c1-7(15)14-9(6-17)11(16)13-5-4-8-2-3-10(12)18-8/h2-3,9,17H,4-6H2,1H3,(H,13,16)(H,14,15). The maximum atomic E-state index is 11.7. The molecule has 1 atom stereocenters. The predicted molar refractivity (Wildman–Crippen MR) is 80.2 cm³/mol. The number of halogens is 1. The van der Waals surface area contributed by atoms with Gasteiger partial charge in [0, 0.05) is 24.1 Å². The minimum atomic E-state index is -0.569. The van der Waals surface area contributed by atoms with E-state index in [2.05, 4.69) is 39.2 Å². The van der Waals surface area contributed by atoms with E-state index in [0.29, 0.717) is 6.54 Å². The van der Waals surface area contributed by atoms with Gasteiger partial charge in [0.2, 0.25) is 11.8 Å². The van der Waals surface area contributed by atoms with Crippen molar-refractivity contribution in [1.29, 1.82) is 0 Å². The third kappa shape index (κ3) is 5.41. The van der Waals surface area contributed by atoms with E-state index in [1.54, 1.807) is 11.3 Å². The fraction of sp³-hybridized carbons (Fsp3) is 0.455. The molecule has 7 heteroatoms. The number of thiophene rings is 1. The van der Waals surface area contributed by atoms with Crippen LogP contribution in [0, 0.1) is 0 Å². The second-order valence-electron chi connectivity index (χ2n) is 3.68. The van der Waals surface area contributed by atoms with Crippen LogP contribution in [0.2, 0.25) is 0 Å². The molecule has 100 valence electrons. The van der Waals surface area contributed by atoms with Crippen molar-refractivity contribution < 1.29 is 9.59 Å². The summed E-state index contributed by atoms with van der Waals surface area (Å²) in [6, 6.07) is 3.43. The van der Waals surface area contributed by atoms with Gasteiger partial charge < -0.3 is 10.6 Å². The fourth-order valence-corrected chi connectivity index (χ4v) is 3.10. The van der Waals surface area contributed by atoms with Crippen molar-refractivity contribution in [3.63, 3.8) is 0 Å². The molecule has 0 spiro atoms. The van der Waals surface area contributed by atoms with E-state index in [0.717, 1.165) is 10.2 Å². The zero-order valence-electron chi connectivity index (χ0n) is 9.90. The van der Waals surface area contributed by atoms with E-state index in [4.69, 9.17) is 0 Å². The quantitative estimate of drug-likeness (QED) is 0.682. The highest BCUT2D eigenvalue weighted by molar-refractivity contribution is 9.11. The number of rotatable bonds is 6. The molecule has 1 unspecified atom stereocenters. The third-order valence-corrected chi connectivity index (χ3v) is 4.22. The number of carbonyl (C=O) groups excluding carboxylic acids is 2. The zero-order chi connectivity index (χ0) is 13.5. The molecular formula is C11H15BrN2O2S2.